The van der Waals surface area contributed by atoms with Gasteiger partial charge in [-0.1, -0.05) is 60.9 Å². The molecule has 2 N–H and O–H groups in total. The molecule has 2 aromatic carbocycles. The zero-order chi connectivity index (χ0) is 22.6. The van der Waals surface area contributed by atoms with Crippen molar-refractivity contribution in [3.05, 3.63) is 60.2 Å². The standard InChI is InChI=1S/C26H30N4O2S.2ClH/c31-22-13-11-20(12-14-22)24(32)28-26-27-23(19-7-3-1-4-8-19)25(33-26)30-17-15-29(16-18-30)21-9-5-2-6-10-21;;/h1,3-4,7-8,11-14,21,31H,2,5-6,9-10,15-18H2,(H,27,28,32);2*1H. The van der Waals surface area contributed by atoms with E-state index in [9.17, 15) is 9.90 Å². The normalized spacial score (nSPS) is 16.7. The zero-order valence-corrected chi connectivity index (χ0v) is 22.0. The van der Waals surface area contributed by atoms with Crippen molar-refractivity contribution in [2.45, 2.75) is 38.1 Å². The molecular formula is C26H32Cl2N4O2S. The van der Waals surface area contributed by atoms with Gasteiger partial charge in [0, 0.05) is 43.3 Å². The Morgan fingerprint density at radius 2 is 1.57 bits per heavy atom. The Morgan fingerprint density at radius 3 is 2.23 bits per heavy atom. The maximum absolute atomic E-state index is 12.7. The molecule has 0 radical (unpaired) electrons. The number of anilines is 2. The smallest absolute Gasteiger partial charge is 0.257 e. The van der Waals surface area contributed by atoms with Crippen LogP contribution in [0.15, 0.2) is 54.6 Å². The van der Waals surface area contributed by atoms with Crippen molar-refractivity contribution in [1.29, 1.82) is 0 Å². The Hall–Kier alpha value is -2.32. The lowest BCUT2D eigenvalue weighted by Gasteiger charge is -2.41. The van der Waals surface area contributed by atoms with Gasteiger partial charge in [0.25, 0.3) is 5.91 Å². The van der Waals surface area contributed by atoms with Gasteiger partial charge in [-0.2, -0.15) is 0 Å². The number of carbonyl (C=O) groups is 1. The summed E-state index contributed by atoms with van der Waals surface area (Å²) < 4.78 is 0. The predicted octanol–water partition coefficient (Wildman–Crippen LogP) is 6.07. The summed E-state index contributed by atoms with van der Waals surface area (Å²) >= 11 is 1.54. The molecule has 2 heterocycles. The maximum atomic E-state index is 12.7. The average Bonchev–Trinajstić information content (AvgIpc) is 3.29. The molecule has 1 saturated carbocycles. The first-order chi connectivity index (χ1) is 16.2. The van der Waals surface area contributed by atoms with E-state index in [0.29, 0.717) is 10.7 Å². The minimum absolute atomic E-state index is 0. The van der Waals surface area contributed by atoms with Crippen molar-refractivity contribution in [2.24, 2.45) is 0 Å². The number of amides is 1. The fourth-order valence-electron chi connectivity index (χ4n) is 4.88. The molecule has 1 aromatic heterocycles. The summed E-state index contributed by atoms with van der Waals surface area (Å²) in [4.78, 5) is 22.7. The number of phenolic OH excluding ortho intramolecular Hbond substituents is 1. The van der Waals surface area contributed by atoms with Crippen molar-refractivity contribution in [3.8, 4) is 17.0 Å². The summed E-state index contributed by atoms with van der Waals surface area (Å²) in [5, 5.41) is 14.2. The zero-order valence-electron chi connectivity index (χ0n) is 19.6. The van der Waals surface area contributed by atoms with Crippen LogP contribution in [0.4, 0.5) is 10.1 Å². The number of nitrogens with zero attached hydrogens (tertiary/aromatic N) is 3. The highest BCUT2D eigenvalue weighted by Crippen LogP contribution is 2.39. The molecule has 1 aliphatic carbocycles. The van der Waals surface area contributed by atoms with E-state index in [2.05, 4.69) is 27.2 Å². The van der Waals surface area contributed by atoms with Crippen LogP contribution in [0.3, 0.4) is 0 Å². The van der Waals surface area contributed by atoms with Crippen molar-refractivity contribution >= 4 is 52.2 Å². The molecule has 0 bridgehead atoms. The third kappa shape index (κ3) is 6.47. The number of aromatic nitrogens is 1. The Bertz CT molecular complexity index is 1080. The van der Waals surface area contributed by atoms with Crippen LogP contribution in [0.5, 0.6) is 5.75 Å². The van der Waals surface area contributed by atoms with Crippen LogP contribution in [-0.4, -0.2) is 53.1 Å². The molecule has 0 spiro atoms. The SMILES string of the molecule is Cl.Cl.O=C(Nc1nc(-c2ccccc2)c(N2CCN(C3CCCCC3)CC2)s1)c1ccc(O)cc1. The van der Waals surface area contributed by atoms with E-state index in [-0.39, 0.29) is 36.5 Å². The van der Waals surface area contributed by atoms with Crippen LogP contribution >= 0.6 is 36.2 Å². The summed E-state index contributed by atoms with van der Waals surface area (Å²) in [6, 6.07) is 17.2. The molecule has 35 heavy (non-hydrogen) atoms. The van der Waals surface area contributed by atoms with Gasteiger partial charge in [-0.05, 0) is 37.1 Å². The van der Waals surface area contributed by atoms with Gasteiger partial charge in [-0.3, -0.25) is 15.0 Å². The Labute approximate surface area is 223 Å². The van der Waals surface area contributed by atoms with Crippen molar-refractivity contribution in [3.63, 3.8) is 0 Å². The molecule has 3 aromatic rings. The van der Waals surface area contributed by atoms with E-state index < -0.39 is 0 Å². The second kappa shape index (κ2) is 12.6. The number of hydrogen-bond acceptors (Lipinski definition) is 6. The number of piperazine rings is 1. The van der Waals surface area contributed by atoms with Gasteiger partial charge in [0.05, 0.1) is 0 Å². The summed E-state index contributed by atoms with van der Waals surface area (Å²) in [6.45, 7) is 4.10. The molecule has 2 aliphatic rings. The van der Waals surface area contributed by atoms with E-state index >= 15 is 0 Å². The number of rotatable bonds is 5. The summed E-state index contributed by atoms with van der Waals surface area (Å²) in [7, 11) is 0. The molecule has 0 atom stereocenters. The fourth-order valence-corrected chi connectivity index (χ4v) is 5.92. The van der Waals surface area contributed by atoms with Crippen molar-refractivity contribution < 1.29 is 9.90 Å². The molecule has 5 rings (SSSR count). The molecule has 1 saturated heterocycles. The van der Waals surface area contributed by atoms with Gasteiger partial charge in [0.2, 0.25) is 0 Å². The Kier molecular flexibility index (Phi) is 9.80. The van der Waals surface area contributed by atoms with Gasteiger partial charge in [-0.15, -0.1) is 24.8 Å². The highest BCUT2D eigenvalue weighted by atomic mass is 35.5. The third-order valence-corrected chi connectivity index (χ3v) is 7.73. The summed E-state index contributed by atoms with van der Waals surface area (Å²) in [6.07, 6.45) is 6.78. The molecule has 0 unspecified atom stereocenters. The largest absolute Gasteiger partial charge is 0.508 e. The molecule has 1 aliphatic heterocycles. The van der Waals surface area contributed by atoms with Gasteiger partial charge < -0.3 is 10.0 Å². The number of hydrogen-bond donors (Lipinski definition) is 2. The van der Waals surface area contributed by atoms with E-state index in [0.717, 1.165) is 48.5 Å². The molecule has 1 amide bonds. The Morgan fingerprint density at radius 1 is 0.914 bits per heavy atom. The quantitative estimate of drug-likeness (QED) is 0.415. The first-order valence-corrected chi connectivity index (χ1v) is 12.6. The van der Waals surface area contributed by atoms with Crippen LogP contribution in [0.25, 0.3) is 11.3 Å². The minimum atomic E-state index is -0.225. The van der Waals surface area contributed by atoms with Crippen molar-refractivity contribution in [1.82, 2.24) is 9.88 Å². The van der Waals surface area contributed by atoms with Gasteiger partial charge in [0.1, 0.15) is 16.4 Å². The molecular weight excluding hydrogens is 503 g/mol. The molecule has 2 fully saturated rings. The van der Waals surface area contributed by atoms with E-state index in [1.807, 2.05) is 18.2 Å². The van der Waals surface area contributed by atoms with Crippen LogP contribution in [0.2, 0.25) is 0 Å². The number of thiazole rings is 1. The molecule has 188 valence electrons. The van der Waals surface area contributed by atoms with Gasteiger partial charge >= 0.3 is 0 Å². The first kappa shape index (κ1) is 27.3. The Balaban J connectivity index is 0.00000171. The van der Waals surface area contributed by atoms with Crippen LogP contribution < -0.4 is 10.2 Å². The highest BCUT2D eigenvalue weighted by molar-refractivity contribution is 7.20. The summed E-state index contributed by atoms with van der Waals surface area (Å²) in [5.74, 6) is -0.0844. The lowest BCUT2D eigenvalue weighted by atomic mass is 9.94. The number of nitrogens with one attached hydrogen (secondary N) is 1. The van der Waals surface area contributed by atoms with Crippen LogP contribution in [-0.2, 0) is 0 Å². The second-order valence-electron chi connectivity index (χ2n) is 8.85. The second-order valence-corrected chi connectivity index (χ2v) is 9.83. The van der Waals surface area contributed by atoms with Crippen LogP contribution in [0.1, 0.15) is 42.5 Å². The number of halogens is 2. The highest BCUT2D eigenvalue weighted by Gasteiger charge is 2.28. The average molecular weight is 536 g/mol. The minimum Gasteiger partial charge on any atom is -0.508 e. The first-order valence-electron chi connectivity index (χ1n) is 11.8. The van der Waals surface area contributed by atoms with Gasteiger partial charge in [-0.25, -0.2) is 4.98 Å². The van der Waals surface area contributed by atoms with E-state index in [1.54, 1.807) is 12.1 Å². The van der Waals surface area contributed by atoms with Gasteiger partial charge in [0.15, 0.2) is 5.13 Å². The topological polar surface area (TPSA) is 68.7 Å². The lowest BCUT2D eigenvalue weighted by molar-refractivity contribution is 0.102. The van der Waals surface area contributed by atoms with Crippen molar-refractivity contribution in [2.75, 3.05) is 36.4 Å². The predicted molar refractivity (Wildman–Crippen MR) is 149 cm³/mol. The number of carbonyl (C=O) groups excluding carboxylic acids is 1. The third-order valence-electron chi connectivity index (χ3n) is 6.70. The fraction of sp³-hybridized carbons (Fsp3) is 0.385. The molecule has 9 heteroatoms. The van der Waals surface area contributed by atoms with E-state index in [1.165, 1.54) is 55.6 Å². The molecule has 6 nitrogen and oxygen atoms in total. The summed E-state index contributed by atoms with van der Waals surface area (Å²) in [5.41, 5.74) is 2.48. The number of benzene rings is 2. The lowest BCUT2D eigenvalue weighted by Crippen LogP contribution is -2.50. The number of phenols is 1. The number of aromatic hydroxyl groups is 1. The maximum Gasteiger partial charge on any atom is 0.257 e. The van der Waals surface area contributed by atoms with Crippen LogP contribution in [0, 0.1) is 0 Å². The monoisotopic (exact) mass is 534 g/mol. The van der Waals surface area contributed by atoms with E-state index in [4.69, 9.17) is 4.98 Å².